The summed E-state index contributed by atoms with van der Waals surface area (Å²) >= 11 is 0. The minimum Gasteiger partial charge on any atom is -0.309 e. The average Bonchev–Trinajstić information content (AvgIpc) is 3.67. The molecule has 226 valence electrons. The second-order valence-electron chi connectivity index (χ2n) is 13.0. The quantitative estimate of drug-likeness (QED) is 0.184. The maximum atomic E-state index is 5.51. The third kappa shape index (κ3) is 3.73. The van der Waals surface area contributed by atoms with Crippen LogP contribution in [0.4, 0.5) is 0 Å². The molecule has 0 fully saturated rings. The molecule has 0 saturated heterocycles. The van der Waals surface area contributed by atoms with Gasteiger partial charge in [0.15, 0.2) is 0 Å². The first-order valence-corrected chi connectivity index (χ1v) is 16.8. The molecule has 0 radical (unpaired) electrons. The summed E-state index contributed by atoms with van der Waals surface area (Å²) in [5.41, 5.74) is 14.8. The lowest BCUT2D eigenvalue weighted by molar-refractivity contribution is 1.18. The van der Waals surface area contributed by atoms with E-state index in [-0.39, 0.29) is 0 Å². The highest BCUT2D eigenvalue weighted by atomic mass is 15.0. The molecule has 0 unspecified atom stereocenters. The number of nitrogens with zero attached hydrogens (tertiary/aromatic N) is 3. The predicted molar refractivity (Wildman–Crippen MR) is 204 cm³/mol. The lowest BCUT2D eigenvalue weighted by Gasteiger charge is -2.13. The molecule has 10 aromatic rings. The van der Waals surface area contributed by atoms with E-state index in [0.717, 1.165) is 44.3 Å². The van der Waals surface area contributed by atoms with Crippen LogP contribution in [0.5, 0.6) is 0 Å². The molecule has 7 aromatic carbocycles. The highest BCUT2D eigenvalue weighted by Gasteiger charge is 2.26. The van der Waals surface area contributed by atoms with E-state index in [9.17, 15) is 0 Å². The van der Waals surface area contributed by atoms with Crippen LogP contribution >= 0.6 is 0 Å². The zero-order valence-corrected chi connectivity index (χ0v) is 26.4. The van der Waals surface area contributed by atoms with Crippen molar-refractivity contribution in [3.8, 4) is 50.3 Å². The van der Waals surface area contributed by atoms with Gasteiger partial charge in [0.25, 0.3) is 0 Å². The van der Waals surface area contributed by atoms with Crippen molar-refractivity contribution >= 4 is 54.4 Å². The first kappa shape index (κ1) is 26.5. The lowest BCUT2D eigenvalue weighted by atomic mass is 9.93. The Kier molecular flexibility index (Phi) is 5.38. The molecule has 1 aliphatic rings. The molecule has 49 heavy (non-hydrogen) atoms. The second kappa shape index (κ2) is 9.96. The van der Waals surface area contributed by atoms with E-state index in [1.165, 1.54) is 60.4 Å². The number of benzene rings is 7. The van der Waals surface area contributed by atoms with E-state index in [1.807, 2.05) is 12.3 Å². The summed E-state index contributed by atoms with van der Waals surface area (Å²) in [6.45, 7) is 0. The van der Waals surface area contributed by atoms with Crippen LogP contribution in [0, 0.1) is 0 Å². The van der Waals surface area contributed by atoms with Gasteiger partial charge >= 0.3 is 0 Å². The fourth-order valence-electron chi connectivity index (χ4n) is 8.21. The standard InChI is InChI=1S/C46H27N3/c1-3-11-28(12-4-1)32-22-23-36-39-27-40-38(25-30-13-10-24-47-44(30)46(40)48-45(39)37-18-9-17-35(32)43(36)37)29-20-21-34-33-16-7-8-19-41(33)49(42(34)26-29)31-14-5-2-6-15-31/h1-27H. The molecule has 3 heterocycles. The van der Waals surface area contributed by atoms with Crippen molar-refractivity contribution in [1.82, 2.24) is 14.5 Å². The van der Waals surface area contributed by atoms with Crippen molar-refractivity contribution < 1.29 is 0 Å². The number of hydrogen-bond acceptors (Lipinski definition) is 2. The van der Waals surface area contributed by atoms with Gasteiger partial charge in [0, 0.05) is 44.6 Å². The van der Waals surface area contributed by atoms with Crippen LogP contribution in [-0.2, 0) is 0 Å². The minimum atomic E-state index is 0.927. The van der Waals surface area contributed by atoms with Crippen LogP contribution in [0.3, 0.4) is 0 Å². The highest BCUT2D eigenvalue weighted by molar-refractivity contribution is 6.21. The molecule has 0 saturated carbocycles. The first-order valence-electron chi connectivity index (χ1n) is 16.8. The van der Waals surface area contributed by atoms with Gasteiger partial charge in [0.05, 0.1) is 27.8 Å². The van der Waals surface area contributed by atoms with Gasteiger partial charge in [-0.05, 0) is 81.1 Å². The fourth-order valence-corrected chi connectivity index (χ4v) is 8.21. The van der Waals surface area contributed by atoms with Gasteiger partial charge in [0.2, 0.25) is 0 Å². The molecular formula is C46H27N3. The number of rotatable bonds is 3. The molecular weight excluding hydrogens is 595 g/mol. The summed E-state index contributed by atoms with van der Waals surface area (Å²) in [6, 6.07) is 57.0. The predicted octanol–water partition coefficient (Wildman–Crippen LogP) is 12.0. The maximum Gasteiger partial charge on any atom is 0.0978 e. The van der Waals surface area contributed by atoms with E-state index in [2.05, 4.69) is 156 Å². The van der Waals surface area contributed by atoms with Gasteiger partial charge in [-0.25, -0.2) is 4.98 Å². The summed E-state index contributed by atoms with van der Waals surface area (Å²) in [4.78, 5) is 10.4. The Morgan fingerprint density at radius 3 is 2.08 bits per heavy atom. The van der Waals surface area contributed by atoms with Crippen LogP contribution in [0.25, 0.3) is 105 Å². The van der Waals surface area contributed by atoms with E-state index in [0.29, 0.717) is 0 Å². The molecule has 0 N–H and O–H groups in total. The Bertz CT molecular complexity index is 2970. The summed E-state index contributed by atoms with van der Waals surface area (Å²) in [6.07, 6.45) is 1.88. The smallest absolute Gasteiger partial charge is 0.0978 e. The largest absolute Gasteiger partial charge is 0.309 e. The zero-order valence-electron chi connectivity index (χ0n) is 26.4. The van der Waals surface area contributed by atoms with Crippen molar-refractivity contribution in [3.63, 3.8) is 0 Å². The van der Waals surface area contributed by atoms with Crippen LogP contribution < -0.4 is 0 Å². The monoisotopic (exact) mass is 621 g/mol. The average molecular weight is 622 g/mol. The Morgan fingerprint density at radius 1 is 0.408 bits per heavy atom. The molecule has 0 spiro atoms. The maximum absolute atomic E-state index is 5.51. The second-order valence-corrected chi connectivity index (χ2v) is 13.0. The molecule has 1 aliphatic carbocycles. The minimum absolute atomic E-state index is 0.927. The van der Waals surface area contributed by atoms with Crippen LogP contribution in [0.2, 0.25) is 0 Å². The fraction of sp³-hybridized carbons (Fsp3) is 0. The number of para-hydroxylation sites is 2. The molecule has 11 rings (SSSR count). The highest BCUT2D eigenvalue weighted by Crippen LogP contribution is 2.50. The Balaban J connectivity index is 1.20. The van der Waals surface area contributed by atoms with Gasteiger partial charge in [-0.1, -0.05) is 115 Å². The van der Waals surface area contributed by atoms with E-state index < -0.39 is 0 Å². The molecule has 3 heteroatoms. The van der Waals surface area contributed by atoms with Gasteiger partial charge in [0.1, 0.15) is 0 Å². The summed E-state index contributed by atoms with van der Waals surface area (Å²) in [5, 5.41) is 7.21. The molecule has 3 nitrogen and oxygen atoms in total. The Labute approximate surface area is 282 Å². The zero-order chi connectivity index (χ0) is 32.1. The van der Waals surface area contributed by atoms with Gasteiger partial charge in [-0.15, -0.1) is 0 Å². The Morgan fingerprint density at radius 2 is 1.18 bits per heavy atom. The molecule has 0 amide bonds. The van der Waals surface area contributed by atoms with Crippen molar-refractivity contribution in [2.24, 2.45) is 0 Å². The topological polar surface area (TPSA) is 30.7 Å². The summed E-state index contributed by atoms with van der Waals surface area (Å²) in [7, 11) is 0. The third-order valence-corrected chi connectivity index (χ3v) is 10.3. The van der Waals surface area contributed by atoms with Crippen molar-refractivity contribution in [2.45, 2.75) is 0 Å². The van der Waals surface area contributed by atoms with E-state index in [1.54, 1.807) is 0 Å². The van der Waals surface area contributed by atoms with Crippen LogP contribution in [0.1, 0.15) is 0 Å². The third-order valence-electron chi connectivity index (χ3n) is 10.3. The van der Waals surface area contributed by atoms with Crippen LogP contribution in [0.15, 0.2) is 164 Å². The first-order chi connectivity index (χ1) is 24.3. The van der Waals surface area contributed by atoms with Crippen LogP contribution in [-0.4, -0.2) is 14.5 Å². The molecule has 0 atom stereocenters. The van der Waals surface area contributed by atoms with Crippen molar-refractivity contribution in [2.75, 3.05) is 0 Å². The normalized spacial score (nSPS) is 12.1. The van der Waals surface area contributed by atoms with Gasteiger partial charge < -0.3 is 4.57 Å². The van der Waals surface area contributed by atoms with Gasteiger partial charge in [-0.3, -0.25) is 4.98 Å². The molecule has 0 bridgehead atoms. The van der Waals surface area contributed by atoms with Crippen molar-refractivity contribution in [3.05, 3.63) is 164 Å². The summed E-state index contributed by atoms with van der Waals surface area (Å²) in [5.74, 6) is 0. The number of fused-ring (bicyclic) bond motifs is 9. The molecule has 0 aliphatic heterocycles. The number of aromatic nitrogens is 3. The molecule has 3 aromatic heterocycles. The SMILES string of the molecule is c1ccc(-c2ccc3c4c(cccc24)-c2nc4c(cc2-3)c(-c2ccc3c5ccccc5n(-c5ccccc5)c3c2)cc2cccnc24)cc1. The number of pyridine rings is 2. The summed E-state index contributed by atoms with van der Waals surface area (Å²) < 4.78 is 2.39. The lowest BCUT2D eigenvalue weighted by Crippen LogP contribution is -1.94. The van der Waals surface area contributed by atoms with Crippen molar-refractivity contribution in [1.29, 1.82) is 0 Å². The van der Waals surface area contributed by atoms with Gasteiger partial charge in [-0.2, -0.15) is 0 Å². The number of hydrogen-bond donors (Lipinski definition) is 0. The van der Waals surface area contributed by atoms with E-state index in [4.69, 9.17) is 9.97 Å². The Hall–Kier alpha value is -6.58. The van der Waals surface area contributed by atoms with E-state index >= 15 is 0 Å².